The van der Waals surface area contributed by atoms with Crippen LogP contribution in [-0.4, -0.2) is 43.3 Å². The third kappa shape index (κ3) is 3.72. The molecule has 1 aliphatic heterocycles. The fourth-order valence-corrected chi connectivity index (χ4v) is 2.74. The number of methoxy groups -OCH3 is 1. The van der Waals surface area contributed by atoms with E-state index >= 15 is 0 Å². The SMILES string of the molecule is CCCC(C)(CCOC)N1CCC(N)CC1. The van der Waals surface area contributed by atoms with Crippen molar-refractivity contribution in [2.75, 3.05) is 26.8 Å². The van der Waals surface area contributed by atoms with Crippen LogP contribution in [0.5, 0.6) is 0 Å². The summed E-state index contributed by atoms with van der Waals surface area (Å²) < 4.78 is 5.24. The first-order valence-electron chi connectivity index (χ1n) is 6.62. The highest BCUT2D eigenvalue weighted by atomic mass is 16.5. The number of hydrogen-bond donors (Lipinski definition) is 1. The number of nitrogens with zero attached hydrogens (tertiary/aromatic N) is 1. The molecule has 0 amide bonds. The summed E-state index contributed by atoms with van der Waals surface area (Å²) in [6.07, 6.45) is 5.92. The second-order valence-electron chi connectivity index (χ2n) is 5.31. The second kappa shape index (κ2) is 6.58. The molecule has 1 rings (SSSR count). The first kappa shape index (κ1) is 13.9. The van der Waals surface area contributed by atoms with Gasteiger partial charge in [0.15, 0.2) is 0 Å². The zero-order valence-electron chi connectivity index (χ0n) is 11.2. The Labute approximate surface area is 100 Å². The number of piperidine rings is 1. The molecule has 1 atom stereocenters. The molecule has 1 fully saturated rings. The largest absolute Gasteiger partial charge is 0.385 e. The van der Waals surface area contributed by atoms with E-state index in [1.807, 2.05) is 0 Å². The minimum absolute atomic E-state index is 0.310. The molecule has 0 radical (unpaired) electrons. The van der Waals surface area contributed by atoms with Gasteiger partial charge in [0.2, 0.25) is 0 Å². The van der Waals surface area contributed by atoms with Crippen LogP contribution in [0.3, 0.4) is 0 Å². The first-order valence-corrected chi connectivity index (χ1v) is 6.62. The van der Waals surface area contributed by atoms with Gasteiger partial charge in [0.05, 0.1) is 0 Å². The molecule has 0 aromatic rings. The molecule has 3 nitrogen and oxygen atoms in total. The minimum atomic E-state index is 0.310. The molecule has 0 aromatic carbocycles. The number of ether oxygens (including phenoxy) is 1. The van der Waals surface area contributed by atoms with Gasteiger partial charge in [-0.2, -0.15) is 0 Å². The maximum atomic E-state index is 5.96. The molecule has 0 bridgehead atoms. The van der Waals surface area contributed by atoms with Gasteiger partial charge in [0.1, 0.15) is 0 Å². The van der Waals surface area contributed by atoms with Crippen LogP contribution in [-0.2, 0) is 4.74 Å². The zero-order valence-corrected chi connectivity index (χ0v) is 11.2. The summed E-state index contributed by atoms with van der Waals surface area (Å²) >= 11 is 0. The summed E-state index contributed by atoms with van der Waals surface area (Å²) in [5.74, 6) is 0. The molecule has 3 heteroatoms. The third-order valence-electron chi connectivity index (χ3n) is 3.94. The highest BCUT2D eigenvalue weighted by molar-refractivity contribution is 4.89. The van der Waals surface area contributed by atoms with Gasteiger partial charge in [-0.15, -0.1) is 0 Å². The number of rotatable bonds is 6. The Kier molecular flexibility index (Phi) is 5.73. The Morgan fingerprint density at radius 2 is 1.94 bits per heavy atom. The third-order valence-corrected chi connectivity index (χ3v) is 3.94. The van der Waals surface area contributed by atoms with Crippen molar-refractivity contribution in [3.63, 3.8) is 0 Å². The Bertz CT molecular complexity index is 190. The molecule has 0 spiro atoms. The van der Waals surface area contributed by atoms with Crippen molar-refractivity contribution >= 4 is 0 Å². The van der Waals surface area contributed by atoms with Crippen molar-refractivity contribution in [3.05, 3.63) is 0 Å². The van der Waals surface area contributed by atoms with E-state index in [-0.39, 0.29) is 0 Å². The summed E-state index contributed by atoms with van der Waals surface area (Å²) in [6, 6.07) is 0.421. The van der Waals surface area contributed by atoms with E-state index in [0.29, 0.717) is 11.6 Å². The second-order valence-corrected chi connectivity index (χ2v) is 5.31. The van der Waals surface area contributed by atoms with Gasteiger partial charge < -0.3 is 10.5 Å². The molecule has 1 heterocycles. The number of hydrogen-bond acceptors (Lipinski definition) is 3. The van der Waals surface area contributed by atoms with Crippen LogP contribution >= 0.6 is 0 Å². The van der Waals surface area contributed by atoms with E-state index in [2.05, 4.69) is 18.7 Å². The molecule has 96 valence electrons. The molecular formula is C13H28N2O. The van der Waals surface area contributed by atoms with E-state index in [9.17, 15) is 0 Å². The summed E-state index contributed by atoms with van der Waals surface area (Å²) in [5, 5.41) is 0. The van der Waals surface area contributed by atoms with Crippen LogP contribution in [0.2, 0.25) is 0 Å². The lowest BCUT2D eigenvalue weighted by molar-refractivity contribution is 0.0370. The van der Waals surface area contributed by atoms with Crippen LogP contribution in [0, 0.1) is 0 Å². The van der Waals surface area contributed by atoms with E-state index in [4.69, 9.17) is 10.5 Å². The van der Waals surface area contributed by atoms with Crippen LogP contribution in [0.4, 0.5) is 0 Å². The fourth-order valence-electron chi connectivity index (χ4n) is 2.74. The fraction of sp³-hybridized carbons (Fsp3) is 1.00. The van der Waals surface area contributed by atoms with Crippen LogP contribution in [0.25, 0.3) is 0 Å². The molecule has 1 aliphatic rings. The lowest BCUT2D eigenvalue weighted by Crippen LogP contribution is -2.52. The topological polar surface area (TPSA) is 38.5 Å². The maximum Gasteiger partial charge on any atom is 0.0479 e. The van der Waals surface area contributed by atoms with Crippen molar-refractivity contribution in [3.8, 4) is 0 Å². The van der Waals surface area contributed by atoms with Gasteiger partial charge in [-0.1, -0.05) is 13.3 Å². The summed E-state index contributed by atoms with van der Waals surface area (Å²) in [7, 11) is 1.79. The molecule has 0 aromatic heterocycles. The van der Waals surface area contributed by atoms with Crippen LogP contribution < -0.4 is 5.73 Å². The van der Waals surface area contributed by atoms with E-state index in [0.717, 1.165) is 39.0 Å². The van der Waals surface area contributed by atoms with Crippen LogP contribution in [0.15, 0.2) is 0 Å². The lowest BCUT2D eigenvalue weighted by Gasteiger charge is -2.45. The monoisotopic (exact) mass is 228 g/mol. The van der Waals surface area contributed by atoms with Gasteiger partial charge in [-0.25, -0.2) is 0 Å². The minimum Gasteiger partial charge on any atom is -0.385 e. The average molecular weight is 228 g/mol. The summed E-state index contributed by atoms with van der Waals surface area (Å²) in [6.45, 7) is 7.81. The molecular weight excluding hydrogens is 200 g/mol. The quantitative estimate of drug-likeness (QED) is 0.756. The lowest BCUT2D eigenvalue weighted by atomic mass is 9.88. The van der Waals surface area contributed by atoms with E-state index in [1.54, 1.807) is 7.11 Å². The van der Waals surface area contributed by atoms with Crippen molar-refractivity contribution < 1.29 is 4.74 Å². The van der Waals surface area contributed by atoms with Crippen molar-refractivity contribution in [2.24, 2.45) is 5.73 Å². The highest BCUT2D eigenvalue weighted by Crippen LogP contribution is 2.28. The zero-order chi connectivity index (χ0) is 12.0. The standard InChI is InChI=1S/C13H28N2O/c1-4-7-13(2,8-11-16-3)15-9-5-12(14)6-10-15/h12H,4-11,14H2,1-3H3. The molecule has 0 aliphatic carbocycles. The highest BCUT2D eigenvalue weighted by Gasteiger charge is 2.32. The number of likely N-dealkylation sites (tertiary alicyclic amines) is 1. The number of nitrogens with two attached hydrogens (primary N) is 1. The van der Waals surface area contributed by atoms with Crippen LogP contribution in [0.1, 0.15) is 46.0 Å². The Hall–Kier alpha value is -0.120. The molecule has 2 N–H and O–H groups in total. The normalized spacial score (nSPS) is 23.2. The predicted octanol–water partition coefficient (Wildman–Crippen LogP) is 2.00. The smallest absolute Gasteiger partial charge is 0.0479 e. The summed E-state index contributed by atoms with van der Waals surface area (Å²) in [5.41, 5.74) is 6.27. The average Bonchev–Trinajstić information content (AvgIpc) is 2.27. The van der Waals surface area contributed by atoms with Gasteiger partial charge in [0.25, 0.3) is 0 Å². The molecule has 1 unspecified atom stereocenters. The van der Waals surface area contributed by atoms with Gasteiger partial charge >= 0.3 is 0 Å². The van der Waals surface area contributed by atoms with Gasteiger partial charge in [-0.3, -0.25) is 4.90 Å². The molecule has 0 saturated carbocycles. The van der Waals surface area contributed by atoms with Crippen molar-refractivity contribution in [1.29, 1.82) is 0 Å². The predicted molar refractivity (Wildman–Crippen MR) is 68.6 cm³/mol. The Balaban J connectivity index is 2.53. The molecule has 1 saturated heterocycles. The van der Waals surface area contributed by atoms with Gasteiger partial charge in [-0.05, 0) is 32.6 Å². The first-order chi connectivity index (χ1) is 7.62. The van der Waals surface area contributed by atoms with Gasteiger partial charge in [0, 0.05) is 38.4 Å². The maximum absolute atomic E-state index is 5.96. The molecule has 16 heavy (non-hydrogen) atoms. The Morgan fingerprint density at radius 1 is 1.31 bits per heavy atom. The van der Waals surface area contributed by atoms with Crippen molar-refractivity contribution in [1.82, 2.24) is 4.90 Å². The van der Waals surface area contributed by atoms with E-state index in [1.165, 1.54) is 12.8 Å². The Morgan fingerprint density at radius 3 is 2.44 bits per heavy atom. The van der Waals surface area contributed by atoms with Crippen molar-refractivity contribution in [2.45, 2.75) is 57.5 Å². The van der Waals surface area contributed by atoms with E-state index < -0.39 is 0 Å². The summed E-state index contributed by atoms with van der Waals surface area (Å²) in [4.78, 5) is 2.62.